The summed E-state index contributed by atoms with van der Waals surface area (Å²) in [6, 6.07) is 12.4. The van der Waals surface area contributed by atoms with E-state index in [0.717, 1.165) is 11.6 Å². The number of hydrogen-bond donors (Lipinski definition) is 1. The smallest absolute Gasteiger partial charge is 0.347 e. The lowest BCUT2D eigenvalue weighted by Crippen LogP contribution is -2.22. The van der Waals surface area contributed by atoms with Crippen molar-refractivity contribution in [1.29, 1.82) is 0 Å². The SMILES string of the molecule is COc1ccc(/C=N\OCC(=O)OCC(=O)Nc2cccc(F)c2)cc1. The lowest BCUT2D eigenvalue weighted by atomic mass is 10.2. The van der Waals surface area contributed by atoms with Crippen molar-refractivity contribution in [1.82, 2.24) is 0 Å². The molecule has 2 aromatic rings. The fourth-order valence-electron chi connectivity index (χ4n) is 1.83. The number of methoxy groups -OCH3 is 1. The van der Waals surface area contributed by atoms with Gasteiger partial charge in [0.1, 0.15) is 11.6 Å². The molecule has 2 rings (SSSR count). The Morgan fingerprint density at radius 2 is 1.92 bits per heavy atom. The summed E-state index contributed by atoms with van der Waals surface area (Å²) in [6.07, 6.45) is 1.42. The normalized spacial score (nSPS) is 10.4. The maximum atomic E-state index is 13.0. The summed E-state index contributed by atoms with van der Waals surface area (Å²) in [5.74, 6) is -1.12. The molecule has 1 amide bonds. The standard InChI is InChI=1S/C18H17FN2O5/c1-24-16-7-5-13(6-8-16)10-20-26-12-18(23)25-11-17(22)21-15-4-2-3-14(19)9-15/h2-10H,11-12H2,1H3,(H,21,22)/b20-10-. The molecule has 0 heterocycles. The van der Waals surface area contributed by atoms with Crippen LogP contribution in [0.5, 0.6) is 5.75 Å². The van der Waals surface area contributed by atoms with Crippen LogP contribution in [0.1, 0.15) is 5.56 Å². The quantitative estimate of drug-likeness (QED) is 0.444. The topological polar surface area (TPSA) is 86.2 Å². The highest BCUT2D eigenvalue weighted by Gasteiger charge is 2.08. The van der Waals surface area contributed by atoms with Crippen molar-refractivity contribution >= 4 is 23.8 Å². The molecule has 0 saturated heterocycles. The van der Waals surface area contributed by atoms with E-state index in [2.05, 4.69) is 10.5 Å². The van der Waals surface area contributed by atoms with E-state index in [1.807, 2.05) is 0 Å². The summed E-state index contributed by atoms with van der Waals surface area (Å²) in [6.45, 7) is -0.958. The first kappa shape index (κ1) is 18.9. The van der Waals surface area contributed by atoms with Crippen LogP contribution in [0.3, 0.4) is 0 Å². The van der Waals surface area contributed by atoms with Gasteiger partial charge in [0.05, 0.1) is 13.3 Å². The van der Waals surface area contributed by atoms with E-state index in [-0.39, 0.29) is 5.69 Å². The minimum absolute atomic E-state index is 0.270. The largest absolute Gasteiger partial charge is 0.497 e. The van der Waals surface area contributed by atoms with Crippen molar-refractivity contribution < 1.29 is 28.3 Å². The van der Waals surface area contributed by atoms with Gasteiger partial charge in [0.15, 0.2) is 6.61 Å². The number of carbonyl (C=O) groups excluding carboxylic acids is 2. The number of amides is 1. The van der Waals surface area contributed by atoms with Crippen molar-refractivity contribution in [2.45, 2.75) is 0 Å². The van der Waals surface area contributed by atoms with Crippen LogP contribution in [0.15, 0.2) is 53.7 Å². The second-order valence-corrected chi connectivity index (χ2v) is 5.00. The van der Waals surface area contributed by atoms with Gasteiger partial charge in [-0.25, -0.2) is 9.18 Å². The number of rotatable bonds is 8. The van der Waals surface area contributed by atoms with Gasteiger partial charge in [-0.05, 0) is 48.0 Å². The minimum Gasteiger partial charge on any atom is -0.497 e. The fourth-order valence-corrected chi connectivity index (χ4v) is 1.83. The van der Waals surface area contributed by atoms with Gasteiger partial charge in [-0.3, -0.25) is 4.79 Å². The summed E-state index contributed by atoms with van der Waals surface area (Å²) < 4.78 is 22.7. The first-order valence-electron chi connectivity index (χ1n) is 7.57. The van der Waals surface area contributed by atoms with Crippen LogP contribution in [-0.2, 0) is 19.2 Å². The van der Waals surface area contributed by atoms with Gasteiger partial charge in [0, 0.05) is 5.69 Å². The van der Waals surface area contributed by atoms with Crippen LogP contribution in [0.2, 0.25) is 0 Å². The molecule has 0 aliphatic rings. The average Bonchev–Trinajstić information content (AvgIpc) is 2.64. The van der Waals surface area contributed by atoms with Crippen LogP contribution in [0.25, 0.3) is 0 Å². The first-order chi connectivity index (χ1) is 12.6. The molecule has 0 spiro atoms. The molecular formula is C18H17FN2O5. The minimum atomic E-state index is -0.758. The van der Waals surface area contributed by atoms with Crippen LogP contribution in [-0.4, -0.2) is 38.4 Å². The Bertz CT molecular complexity index is 777. The predicted octanol–water partition coefficient (Wildman–Crippen LogP) is 2.37. The summed E-state index contributed by atoms with van der Waals surface area (Å²) in [5, 5.41) is 6.03. The van der Waals surface area contributed by atoms with E-state index in [1.54, 1.807) is 31.4 Å². The van der Waals surface area contributed by atoms with Crippen molar-refractivity contribution in [2.24, 2.45) is 5.16 Å². The highest BCUT2D eigenvalue weighted by molar-refractivity contribution is 5.92. The van der Waals surface area contributed by atoms with Gasteiger partial charge in [0.25, 0.3) is 5.91 Å². The molecule has 0 unspecified atom stereocenters. The van der Waals surface area contributed by atoms with Gasteiger partial charge in [-0.1, -0.05) is 11.2 Å². The Labute approximate surface area is 149 Å². The second kappa shape index (κ2) is 9.77. The number of nitrogens with one attached hydrogen (secondary N) is 1. The van der Waals surface area contributed by atoms with Crippen molar-refractivity contribution in [3.8, 4) is 5.75 Å². The van der Waals surface area contributed by atoms with E-state index < -0.39 is 30.9 Å². The Kier molecular flexibility index (Phi) is 7.11. The molecule has 0 aliphatic heterocycles. The molecule has 0 atom stereocenters. The zero-order valence-corrected chi connectivity index (χ0v) is 14.0. The highest BCUT2D eigenvalue weighted by Crippen LogP contribution is 2.10. The third kappa shape index (κ3) is 6.60. The van der Waals surface area contributed by atoms with Crippen molar-refractivity contribution in [3.63, 3.8) is 0 Å². The molecule has 0 bridgehead atoms. The van der Waals surface area contributed by atoms with Gasteiger partial charge >= 0.3 is 5.97 Å². The number of esters is 1. The Morgan fingerprint density at radius 1 is 1.15 bits per heavy atom. The molecule has 0 saturated carbocycles. The molecule has 0 aromatic heterocycles. The number of benzene rings is 2. The summed E-state index contributed by atoms with van der Waals surface area (Å²) in [7, 11) is 1.57. The van der Waals surface area contributed by atoms with Crippen LogP contribution < -0.4 is 10.1 Å². The number of carbonyl (C=O) groups is 2. The van der Waals surface area contributed by atoms with E-state index >= 15 is 0 Å². The molecular weight excluding hydrogens is 343 g/mol. The maximum absolute atomic E-state index is 13.0. The summed E-state index contributed by atoms with van der Waals surface area (Å²) in [4.78, 5) is 27.9. The van der Waals surface area contributed by atoms with Crippen molar-refractivity contribution in [3.05, 3.63) is 59.9 Å². The number of hydrogen-bond acceptors (Lipinski definition) is 6. The van der Waals surface area contributed by atoms with Crippen LogP contribution >= 0.6 is 0 Å². The van der Waals surface area contributed by atoms with E-state index in [1.165, 1.54) is 24.4 Å². The molecule has 136 valence electrons. The third-order valence-electron chi connectivity index (χ3n) is 3.05. The zero-order chi connectivity index (χ0) is 18.8. The third-order valence-corrected chi connectivity index (χ3v) is 3.05. The van der Waals surface area contributed by atoms with E-state index in [0.29, 0.717) is 5.75 Å². The molecule has 0 fully saturated rings. The molecule has 2 aromatic carbocycles. The number of nitrogens with zero attached hydrogens (tertiary/aromatic N) is 1. The average molecular weight is 360 g/mol. The number of halogens is 1. The van der Waals surface area contributed by atoms with E-state index in [4.69, 9.17) is 14.3 Å². The molecule has 7 nitrogen and oxygen atoms in total. The first-order valence-corrected chi connectivity index (χ1v) is 7.57. The lowest BCUT2D eigenvalue weighted by molar-refractivity contribution is -0.151. The Hall–Kier alpha value is -3.42. The molecule has 26 heavy (non-hydrogen) atoms. The van der Waals surface area contributed by atoms with Gasteiger partial charge in [0.2, 0.25) is 6.61 Å². The van der Waals surface area contributed by atoms with Crippen molar-refractivity contribution in [2.75, 3.05) is 25.6 Å². The van der Waals surface area contributed by atoms with Gasteiger partial charge in [-0.2, -0.15) is 0 Å². The molecule has 1 N–H and O–H groups in total. The molecule has 0 aliphatic carbocycles. The summed E-state index contributed by atoms with van der Waals surface area (Å²) in [5.41, 5.74) is 1.03. The zero-order valence-electron chi connectivity index (χ0n) is 14.0. The number of anilines is 1. The molecule has 8 heteroatoms. The van der Waals surface area contributed by atoms with Gasteiger partial charge < -0.3 is 19.6 Å². The highest BCUT2D eigenvalue weighted by atomic mass is 19.1. The predicted molar refractivity (Wildman–Crippen MR) is 92.5 cm³/mol. The summed E-state index contributed by atoms with van der Waals surface area (Å²) >= 11 is 0. The monoisotopic (exact) mass is 360 g/mol. The maximum Gasteiger partial charge on any atom is 0.347 e. The van der Waals surface area contributed by atoms with Gasteiger partial charge in [-0.15, -0.1) is 0 Å². The second-order valence-electron chi connectivity index (χ2n) is 5.00. The number of oxime groups is 1. The number of ether oxygens (including phenoxy) is 2. The van der Waals surface area contributed by atoms with Crippen LogP contribution in [0.4, 0.5) is 10.1 Å². The van der Waals surface area contributed by atoms with E-state index in [9.17, 15) is 14.0 Å². The van der Waals surface area contributed by atoms with Crippen LogP contribution in [0, 0.1) is 5.82 Å². The Morgan fingerprint density at radius 3 is 2.62 bits per heavy atom. The lowest BCUT2D eigenvalue weighted by Gasteiger charge is -2.06. The molecule has 0 radical (unpaired) electrons. The Balaban J connectivity index is 1.66. The fraction of sp³-hybridized carbons (Fsp3) is 0.167.